The summed E-state index contributed by atoms with van der Waals surface area (Å²) in [5, 5.41) is 2.72. The molecule has 102 valence electrons. The molecule has 0 fully saturated rings. The number of rotatable bonds is 4. The summed E-state index contributed by atoms with van der Waals surface area (Å²) in [5.41, 5.74) is 6.22. The number of nitrogens with zero attached hydrogens (tertiary/aromatic N) is 2. The highest BCUT2D eigenvalue weighted by atomic mass is 16.6. The first-order valence-electron chi connectivity index (χ1n) is 5.96. The Morgan fingerprint density at radius 2 is 2.28 bits per heavy atom. The molecule has 0 aromatic carbocycles. The van der Waals surface area contributed by atoms with Gasteiger partial charge in [0.15, 0.2) is 0 Å². The third-order valence-corrected chi connectivity index (χ3v) is 2.45. The molecule has 1 aromatic heterocycles. The maximum atomic E-state index is 11.5. The summed E-state index contributed by atoms with van der Waals surface area (Å²) in [7, 11) is 1.90. The molecule has 0 saturated heterocycles. The second kappa shape index (κ2) is 5.86. The van der Waals surface area contributed by atoms with Crippen LogP contribution in [0.4, 0.5) is 4.79 Å². The Morgan fingerprint density at radius 3 is 2.72 bits per heavy atom. The van der Waals surface area contributed by atoms with Gasteiger partial charge in [-0.3, -0.25) is 0 Å². The highest BCUT2D eigenvalue weighted by molar-refractivity contribution is 5.67. The molecule has 1 heterocycles. The van der Waals surface area contributed by atoms with E-state index < -0.39 is 11.7 Å². The molecule has 0 aliphatic rings. The zero-order chi connectivity index (χ0) is 13.8. The fourth-order valence-corrected chi connectivity index (χ4v) is 1.59. The summed E-state index contributed by atoms with van der Waals surface area (Å²) in [6, 6.07) is 0. The van der Waals surface area contributed by atoms with Gasteiger partial charge in [0, 0.05) is 37.9 Å². The molecule has 1 rings (SSSR count). The van der Waals surface area contributed by atoms with Gasteiger partial charge in [0.05, 0.1) is 6.33 Å². The van der Waals surface area contributed by atoms with Crippen molar-refractivity contribution in [2.45, 2.75) is 32.3 Å². The molecular weight excluding hydrogens is 232 g/mol. The van der Waals surface area contributed by atoms with Gasteiger partial charge in [0.25, 0.3) is 0 Å². The van der Waals surface area contributed by atoms with Crippen LogP contribution in [0, 0.1) is 0 Å². The zero-order valence-electron chi connectivity index (χ0n) is 11.4. The molecule has 0 spiro atoms. The van der Waals surface area contributed by atoms with Crippen LogP contribution in [0.2, 0.25) is 0 Å². The van der Waals surface area contributed by atoms with Crippen molar-refractivity contribution in [1.29, 1.82) is 0 Å². The molecule has 0 aliphatic heterocycles. The number of carbonyl (C=O) groups is 1. The molecule has 0 radical (unpaired) electrons. The summed E-state index contributed by atoms with van der Waals surface area (Å²) < 4.78 is 7.06. The van der Waals surface area contributed by atoms with Gasteiger partial charge >= 0.3 is 6.09 Å². The van der Waals surface area contributed by atoms with E-state index in [0.717, 1.165) is 5.69 Å². The quantitative estimate of drug-likeness (QED) is 0.839. The molecule has 0 bridgehead atoms. The maximum absolute atomic E-state index is 11.5. The number of nitrogens with two attached hydrogens (primary N) is 1. The molecule has 18 heavy (non-hydrogen) atoms. The summed E-state index contributed by atoms with van der Waals surface area (Å²) in [6.45, 7) is 6.36. The van der Waals surface area contributed by atoms with Crippen LogP contribution in [0.15, 0.2) is 12.5 Å². The number of imidazole rings is 1. The van der Waals surface area contributed by atoms with Gasteiger partial charge in [-0.25, -0.2) is 9.78 Å². The van der Waals surface area contributed by atoms with E-state index in [2.05, 4.69) is 10.3 Å². The Kier molecular flexibility index (Phi) is 4.72. The highest BCUT2D eigenvalue weighted by Gasteiger charge is 2.18. The molecule has 6 heteroatoms. The SMILES string of the molecule is Cn1cncc1C(CN)CNC(=O)OC(C)(C)C. The smallest absolute Gasteiger partial charge is 0.407 e. The number of aromatic nitrogens is 2. The molecular formula is C12H22N4O2. The molecule has 0 aliphatic carbocycles. The van der Waals surface area contributed by atoms with Crippen LogP contribution in [0.25, 0.3) is 0 Å². The van der Waals surface area contributed by atoms with Gasteiger partial charge in [-0.2, -0.15) is 0 Å². The average molecular weight is 254 g/mol. The van der Waals surface area contributed by atoms with Crippen molar-refractivity contribution >= 4 is 6.09 Å². The lowest BCUT2D eigenvalue weighted by Gasteiger charge is -2.21. The van der Waals surface area contributed by atoms with Gasteiger partial charge in [-0.1, -0.05) is 0 Å². The van der Waals surface area contributed by atoms with Crippen molar-refractivity contribution in [3.05, 3.63) is 18.2 Å². The van der Waals surface area contributed by atoms with Gasteiger partial charge in [-0.15, -0.1) is 0 Å². The molecule has 1 aromatic rings. The van der Waals surface area contributed by atoms with Crippen LogP contribution in [-0.4, -0.2) is 34.3 Å². The van der Waals surface area contributed by atoms with Gasteiger partial charge in [0.2, 0.25) is 0 Å². The molecule has 3 N–H and O–H groups in total. The lowest BCUT2D eigenvalue weighted by atomic mass is 10.1. The van der Waals surface area contributed by atoms with Crippen molar-refractivity contribution in [2.24, 2.45) is 12.8 Å². The first kappa shape index (κ1) is 14.5. The van der Waals surface area contributed by atoms with E-state index in [-0.39, 0.29) is 5.92 Å². The lowest BCUT2D eigenvalue weighted by molar-refractivity contribution is 0.0524. The second-order valence-corrected chi connectivity index (χ2v) is 5.24. The summed E-state index contributed by atoms with van der Waals surface area (Å²) >= 11 is 0. The standard InChI is InChI=1S/C12H22N4O2/c1-12(2,3)18-11(17)15-6-9(5-13)10-7-14-8-16(10)4/h7-9H,5-6,13H2,1-4H3,(H,15,17). The molecule has 1 unspecified atom stereocenters. The average Bonchev–Trinajstić information content (AvgIpc) is 2.63. The van der Waals surface area contributed by atoms with Crippen molar-refractivity contribution in [2.75, 3.05) is 13.1 Å². The number of alkyl carbamates (subject to hydrolysis) is 1. The summed E-state index contributed by atoms with van der Waals surface area (Å²) in [5.74, 6) is 0.0324. The minimum atomic E-state index is -0.491. The Bertz CT molecular complexity index is 395. The Labute approximate surface area is 108 Å². The topological polar surface area (TPSA) is 82.2 Å². The van der Waals surface area contributed by atoms with Crippen LogP contribution in [-0.2, 0) is 11.8 Å². The fraction of sp³-hybridized carbons (Fsp3) is 0.667. The van der Waals surface area contributed by atoms with Gasteiger partial charge < -0.3 is 20.4 Å². The first-order chi connectivity index (χ1) is 8.33. The highest BCUT2D eigenvalue weighted by Crippen LogP contribution is 2.12. The monoisotopic (exact) mass is 254 g/mol. The van der Waals surface area contributed by atoms with E-state index in [9.17, 15) is 4.79 Å². The van der Waals surface area contributed by atoms with Gasteiger partial charge in [0.1, 0.15) is 5.60 Å². The number of hydrogen-bond acceptors (Lipinski definition) is 4. The van der Waals surface area contributed by atoms with Crippen molar-refractivity contribution < 1.29 is 9.53 Å². The predicted molar refractivity (Wildman–Crippen MR) is 69.2 cm³/mol. The van der Waals surface area contributed by atoms with Gasteiger partial charge in [-0.05, 0) is 20.8 Å². The van der Waals surface area contributed by atoms with Crippen molar-refractivity contribution in [1.82, 2.24) is 14.9 Å². The van der Waals surface area contributed by atoms with Crippen LogP contribution in [0.5, 0.6) is 0 Å². The second-order valence-electron chi connectivity index (χ2n) is 5.24. The number of ether oxygens (including phenoxy) is 1. The number of nitrogens with one attached hydrogen (secondary N) is 1. The third-order valence-electron chi connectivity index (χ3n) is 2.45. The largest absolute Gasteiger partial charge is 0.444 e. The van der Waals surface area contributed by atoms with Crippen LogP contribution in [0.3, 0.4) is 0 Å². The molecule has 6 nitrogen and oxygen atoms in total. The molecule has 1 atom stereocenters. The minimum absolute atomic E-state index is 0.0324. The van der Waals surface area contributed by atoms with E-state index in [4.69, 9.17) is 10.5 Å². The number of aryl methyl sites for hydroxylation is 1. The summed E-state index contributed by atoms with van der Waals surface area (Å²) in [4.78, 5) is 15.6. The Balaban J connectivity index is 2.51. The minimum Gasteiger partial charge on any atom is -0.444 e. The number of hydrogen-bond donors (Lipinski definition) is 2. The molecule has 1 amide bonds. The van der Waals surface area contributed by atoms with Crippen molar-refractivity contribution in [3.8, 4) is 0 Å². The Morgan fingerprint density at radius 1 is 1.61 bits per heavy atom. The third kappa shape index (κ3) is 4.37. The van der Waals surface area contributed by atoms with Crippen LogP contribution < -0.4 is 11.1 Å². The van der Waals surface area contributed by atoms with E-state index in [0.29, 0.717) is 13.1 Å². The lowest BCUT2D eigenvalue weighted by Crippen LogP contribution is -2.36. The molecule has 0 saturated carbocycles. The van der Waals surface area contributed by atoms with Crippen LogP contribution >= 0.6 is 0 Å². The van der Waals surface area contributed by atoms with Crippen LogP contribution in [0.1, 0.15) is 32.4 Å². The summed E-state index contributed by atoms with van der Waals surface area (Å²) in [6.07, 6.45) is 3.04. The van der Waals surface area contributed by atoms with Crippen molar-refractivity contribution in [3.63, 3.8) is 0 Å². The van der Waals surface area contributed by atoms with E-state index in [1.807, 2.05) is 32.4 Å². The van der Waals surface area contributed by atoms with E-state index in [1.165, 1.54) is 0 Å². The number of amides is 1. The zero-order valence-corrected chi connectivity index (χ0v) is 11.4. The van der Waals surface area contributed by atoms with E-state index >= 15 is 0 Å². The Hall–Kier alpha value is -1.56. The van der Waals surface area contributed by atoms with E-state index in [1.54, 1.807) is 12.5 Å². The first-order valence-corrected chi connectivity index (χ1v) is 5.96. The number of carbonyl (C=O) groups excluding carboxylic acids is 1. The normalized spacial score (nSPS) is 13.2. The maximum Gasteiger partial charge on any atom is 0.407 e. The fourth-order valence-electron chi connectivity index (χ4n) is 1.59. The predicted octanol–water partition coefficient (Wildman–Crippen LogP) is 0.987.